The molecular weight excluding hydrogens is 357 g/mol. The summed E-state index contributed by atoms with van der Waals surface area (Å²) in [5.41, 5.74) is 1.35. The highest BCUT2D eigenvalue weighted by Crippen LogP contribution is 2.39. The molecule has 2 heterocycles. The van der Waals surface area contributed by atoms with E-state index in [9.17, 15) is 14.0 Å². The van der Waals surface area contributed by atoms with Gasteiger partial charge in [-0.05, 0) is 49.2 Å². The SMILES string of the molecule is CCCC(=O)Oc1nc(-c2ccc(F)cc2)oc1-c1cc(C)c(C=O)s1. The molecule has 1 aromatic carbocycles. The zero-order chi connectivity index (χ0) is 18.7. The molecule has 0 aliphatic carbocycles. The molecule has 0 fully saturated rings. The number of esters is 1. The first-order valence-corrected chi connectivity index (χ1v) is 8.87. The third-order valence-corrected chi connectivity index (χ3v) is 4.80. The van der Waals surface area contributed by atoms with Crippen molar-refractivity contribution in [1.29, 1.82) is 0 Å². The predicted octanol–water partition coefficient (Wildman–Crippen LogP) is 5.04. The van der Waals surface area contributed by atoms with Crippen LogP contribution in [0.25, 0.3) is 22.1 Å². The second-order valence-corrected chi connectivity index (χ2v) is 6.74. The Balaban J connectivity index is 2.05. The second kappa shape index (κ2) is 7.61. The smallest absolute Gasteiger partial charge is 0.312 e. The fourth-order valence-corrected chi connectivity index (χ4v) is 3.30. The third-order valence-electron chi connectivity index (χ3n) is 3.64. The maximum absolute atomic E-state index is 13.1. The van der Waals surface area contributed by atoms with Gasteiger partial charge in [-0.3, -0.25) is 9.59 Å². The summed E-state index contributed by atoms with van der Waals surface area (Å²) < 4.78 is 24.3. The Morgan fingerprint density at radius 1 is 1.35 bits per heavy atom. The highest BCUT2D eigenvalue weighted by Gasteiger charge is 2.22. The van der Waals surface area contributed by atoms with Gasteiger partial charge in [0.1, 0.15) is 5.82 Å². The quantitative estimate of drug-likeness (QED) is 0.447. The van der Waals surface area contributed by atoms with Gasteiger partial charge in [-0.15, -0.1) is 11.3 Å². The van der Waals surface area contributed by atoms with Crippen molar-refractivity contribution in [2.24, 2.45) is 0 Å². The van der Waals surface area contributed by atoms with Crippen LogP contribution in [-0.4, -0.2) is 17.2 Å². The fraction of sp³-hybridized carbons (Fsp3) is 0.211. The van der Waals surface area contributed by atoms with Crippen LogP contribution >= 0.6 is 11.3 Å². The van der Waals surface area contributed by atoms with Crippen molar-refractivity contribution >= 4 is 23.6 Å². The van der Waals surface area contributed by atoms with Gasteiger partial charge in [-0.1, -0.05) is 6.92 Å². The topological polar surface area (TPSA) is 69.4 Å². The average molecular weight is 373 g/mol. The van der Waals surface area contributed by atoms with Crippen molar-refractivity contribution in [3.63, 3.8) is 0 Å². The molecule has 0 spiro atoms. The summed E-state index contributed by atoms with van der Waals surface area (Å²) in [5, 5.41) is 0. The average Bonchev–Trinajstić information content (AvgIpc) is 3.19. The molecule has 134 valence electrons. The van der Waals surface area contributed by atoms with E-state index >= 15 is 0 Å². The molecule has 0 radical (unpaired) electrons. The number of hydrogen-bond donors (Lipinski definition) is 0. The van der Waals surface area contributed by atoms with Crippen molar-refractivity contribution in [1.82, 2.24) is 4.98 Å². The first-order chi connectivity index (χ1) is 12.5. The van der Waals surface area contributed by atoms with E-state index in [4.69, 9.17) is 9.15 Å². The molecular formula is C19H16FNO4S. The highest BCUT2D eigenvalue weighted by molar-refractivity contribution is 7.17. The number of thiophene rings is 1. The minimum Gasteiger partial charge on any atom is -0.431 e. The Morgan fingerprint density at radius 3 is 2.69 bits per heavy atom. The van der Waals surface area contributed by atoms with Crippen LogP contribution in [0.15, 0.2) is 34.7 Å². The van der Waals surface area contributed by atoms with Crippen molar-refractivity contribution in [3.05, 3.63) is 46.6 Å². The Morgan fingerprint density at radius 2 is 2.08 bits per heavy atom. The van der Waals surface area contributed by atoms with E-state index in [1.54, 1.807) is 6.07 Å². The summed E-state index contributed by atoms with van der Waals surface area (Å²) in [6.07, 6.45) is 1.66. The Kier molecular flexibility index (Phi) is 5.27. The van der Waals surface area contributed by atoms with Gasteiger partial charge in [-0.2, -0.15) is 4.98 Å². The number of ether oxygens (including phenoxy) is 1. The number of hydrogen-bond acceptors (Lipinski definition) is 6. The molecule has 0 atom stereocenters. The first kappa shape index (κ1) is 18.0. The zero-order valence-corrected chi connectivity index (χ0v) is 15.1. The number of halogens is 1. The van der Waals surface area contributed by atoms with E-state index in [1.165, 1.54) is 35.6 Å². The highest BCUT2D eigenvalue weighted by atomic mass is 32.1. The lowest BCUT2D eigenvalue weighted by molar-refractivity contribution is -0.134. The number of carbonyl (C=O) groups is 2. The molecule has 2 aromatic heterocycles. The fourth-order valence-electron chi connectivity index (χ4n) is 2.34. The number of aryl methyl sites for hydroxylation is 1. The molecule has 3 rings (SSSR count). The molecule has 0 aliphatic rings. The molecule has 0 saturated carbocycles. The van der Waals surface area contributed by atoms with Crippen LogP contribution in [0, 0.1) is 12.7 Å². The van der Waals surface area contributed by atoms with Gasteiger partial charge in [0, 0.05) is 12.0 Å². The van der Waals surface area contributed by atoms with E-state index in [1.807, 2.05) is 13.8 Å². The maximum atomic E-state index is 13.1. The van der Waals surface area contributed by atoms with E-state index in [2.05, 4.69) is 4.98 Å². The first-order valence-electron chi connectivity index (χ1n) is 8.05. The monoisotopic (exact) mass is 373 g/mol. The van der Waals surface area contributed by atoms with Crippen LogP contribution in [0.2, 0.25) is 0 Å². The van der Waals surface area contributed by atoms with Gasteiger partial charge in [0.15, 0.2) is 6.29 Å². The summed E-state index contributed by atoms with van der Waals surface area (Å²) in [6.45, 7) is 3.68. The molecule has 3 aromatic rings. The Labute approximate surface area is 153 Å². The van der Waals surface area contributed by atoms with Crippen molar-refractivity contribution in [2.45, 2.75) is 26.7 Å². The molecule has 26 heavy (non-hydrogen) atoms. The summed E-state index contributed by atoms with van der Waals surface area (Å²) >= 11 is 1.23. The number of nitrogens with zero attached hydrogens (tertiary/aromatic N) is 1. The van der Waals surface area contributed by atoms with Crippen LogP contribution in [-0.2, 0) is 4.79 Å². The number of oxazole rings is 1. The Bertz CT molecular complexity index is 943. The lowest BCUT2D eigenvalue weighted by Crippen LogP contribution is -2.07. The standard InChI is InChI=1S/C19H16FNO4S/c1-3-4-16(23)24-19-17(14-9-11(2)15(10-22)26-14)25-18(21-19)12-5-7-13(20)8-6-12/h5-10H,3-4H2,1-2H3. The van der Waals surface area contributed by atoms with Crippen molar-refractivity contribution < 1.29 is 23.1 Å². The molecule has 0 N–H and O–H groups in total. The summed E-state index contributed by atoms with van der Waals surface area (Å²) in [5.74, 6) is -0.273. The molecule has 0 amide bonds. The van der Waals surface area contributed by atoms with Crippen LogP contribution in [0.1, 0.15) is 35.0 Å². The molecule has 0 bridgehead atoms. The number of rotatable bonds is 6. The largest absolute Gasteiger partial charge is 0.431 e. The van der Waals surface area contributed by atoms with Crippen molar-refractivity contribution in [2.75, 3.05) is 0 Å². The Hall–Kier alpha value is -2.80. The van der Waals surface area contributed by atoms with E-state index < -0.39 is 5.97 Å². The minimum atomic E-state index is -0.420. The predicted molar refractivity (Wildman–Crippen MR) is 95.9 cm³/mol. The number of carbonyl (C=O) groups excluding carboxylic acids is 2. The number of aldehydes is 1. The third kappa shape index (κ3) is 3.72. The van der Waals surface area contributed by atoms with Gasteiger partial charge in [0.05, 0.1) is 9.75 Å². The zero-order valence-electron chi connectivity index (χ0n) is 14.2. The van der Waals surface area contributed by atoms with Crippen LogP contribution in [0.4, 0.5) is 4.39 Å². The van der Waals surface area contributed by atoms with E-state index in [0.29, 0.717) is 21.7 Å². The number of aromatic nitrogens is 1. The molecule has 0 saturated heterocycles. The maximum Gasteiger partial charge on any atom is 0.312 e. The van der Waals surface area contributed by atoms with E-state index in [-0.39, 0.29) is 29.8 Å². The van der Waals surface area contributed by atoms with Gasteiger partial charge in [0.25, 0.3) is 5.88 Å². The minimum absolute atomic E-state index is 0.0430. The molecule has 0 aliphatic heterocycles. The molecule has 0 unspecified atom stereocenters. The number of benzene rings is 1. The van der Waals surface area contributed by atoms with Gasteiger partial charge >= 0.3 is 5.97 Å². The van der Waals surface area contributed by atoms with Gasteiger partial charge in [-0.25, -0.2) is 4.39 Å². The van der Waals surface area contributed by atoms with Crippen LogP contribution in [0.5, 0.6) is 5.88 Å². The van der Waals surface area contributed by atoms with Crippen LogP contribution < -0.4 is 4.74 Å². The van der Waals surface area contributed by atoms with Crippen LogP contribution in [0.3, 0.4) is 0 Å². The molecule has 5 nitrogen and oxygen atoms in total. The summed E-state index contributed by atoms with van der Waals surface area (Å²) in [6, 6.07) is 7.42. The summed E-state index contributed by atoms with van der Waals surface area (Å²) in [4.78, 5) is 28.5. The summed E-state index contributed by atoms with van der Waals surface area (Å²) in [7, 11) is 0. The van der Waals surface area contributed by atoms with Crippen molar-refractivity contribution in [3.8, 4) is 28.0 Å². The lowest BCUT2D eigenvalue weighted by atomic mass is 10.2. The van der Waals surface area contributed by atoms with Gasteiger partial charge in [0.2, 0.25) is 11.7 Å². The molecule has 7 heteroatoms. The second-order valence-electron chi connectivity index (χ2n) is 5.66. The lowest BCUT2D eigenvalue weighted by Gasteiger charge is -2.00. The van der Waals surface area contributed by atoms with E-state index in [0.717, 1.165) is 11.8 Å². The van der Waals surface area contributed by atoms with Gasteiger partial charge < -0.3 is 9.15 Å². The normalized spacial score (nSPS) is 10.7.